The summed E-state index contributed by atoms with van der Waals surface area (Å²) >= 11 is 1.35. The van der Waals surface area contributed by atoms with E-state index in [1.807, 2.05) is 23.6 Å². The average molecular weight is 484 g/mol. The number of nitrogens with zero attached hydrogens (tertiary/aromatic N) is 2. The van der Waals surface area contributed by atoms with Crippen LogP contribution in [0, 0.1) is 5.41 Å². The molecular weight excluding hydrogens is 458 g/mol. The number of aliphatic hydroxyl groups excluding tert-OH is 1. The van der Waals surface area contributed by atoms with Gasteiger partial charge in [-0.15, -0.1) is 11.3 Å². The lowest BCUT2D eigenvalue weighted by Crippen LogP contribution is -2.26. The van der Waals surface area contributed by atoms with Gasteiger partial charge in [0, 0.05) is 23.1 Å². The van der Waals surface area contributed by atoms with E-state index >= 15 is 0 Å². The van der Waals surface area contributed by atoms with Crippen molar-refractivity contribution >= 4 is 28.4 Å². The van der Waals surface area contributed by atoms with Gasteiger partial charge < -0.3 is 33.7 Å². The minimum absolute atomic E-state index is 0.0620. The number of aromatic nitrogens is 1. The minimum Gasteiger partial charge on any atom is -0.510 e. The fourth-order valence-electron chi connectivity index (χ4n) is 3.76. The zero-order chi connectivity index (χ0) is 24.4. The molecule has 178 valence electrons. The number of hydrogen-bond donors (Lipinski definition) is 2. The third kappa shape index (κ3) is 3.96. The molecule has 1 aromatic heterocycles. The van der Waals surface area contributed by atoms with E-state index in [9.17, 15) is 5.11 Å². The van der Waals surface area contributed by atoms with Crippen LogP contribution in [0.1, 0.15) is 5.01 Å². The average Bonchev–Trinajstić information content (AvgIpc) is 3.46. The smallest absolute Gasteiger partial charge is 0.203 e. The van der Waals surface area contributed by atoms with Crippen LogP contribution in [0.3, 0.4) is 0 Å². The molecule has 0 spiro atoms. The Bertz CT molecular complexity index is 1240. The number of aliphatic hydroxyl groups is 1. The molecular formula is C24H25N3O6S. The van der Waals surface area contributed by atoms with Crippen LogP contribution in [0.2, 0.25) is 0 Å². The summed E-state index contributed by atoms with van der Waals surface area (Å²) in [6.07, 6.45) is 0. The Kier molecular flexibility index (Phi) is 6.51. The minimum atomic E-state index is 0.0620. The molecule has 0 unspecified atom stereocenters. The maximum absolute atomic E-state index is 10.8. The van der Waals surface area contributed by atoms with Crippen LogP contribution in [-0.4, -0.2) is 58.0 Å². The van der Waals surface area contributed by atoms with Crippen LogP contribution in [-0.2, 0) is 0 Å². The highest BCUT2D eigenvalue weighted by Crippen LogP contribution is 2.43. The molecule has 34 heavy (non-hydrogen) atoms. The van der Waals surface area contributed by atoms with Crippen molar-refractivity contribution in [1.82, 2.24) is 4.98 Å². The molecule has 0 radical (unpaired) electrons. The summed E-state index contributed by atoms with van der Waals surface area (Å²) in [5, 5.41) is 22.0. The van der Waals surface area contributed by atoms with Gasteiger partial charge in [0.05, 0.1) is 59.0 Å². The van der Waals surface area contributed by atoms with Crippen molar-refractivity contribution in [3.63, 3.8) is 0 Å². The maximum atomic E-state index is 10.8. The van der Waals surface area contributed by atoms with Crippen LogP contribution < -0.4 is 28.6 Å². The fraction of sp³-hybridized carbons (Fsp3) is 0.250. The van der Waals surface area contributed by atoms with Crippen LogP contribution >= 0.6 is 11.3 Å². The standard InChI is InChI=1S/C24H25N3O6S/c1-29-17-7-6-13(8-18(17)30-2)15-12-34-24(26-15)21-16(28)11-27(23(21)25)14-9-19(31-3)22(33-5)20(10-14)32-4/h6-10,12,25,28H,11H2,1-5H3. The van der Waals surface area contributed by atoms with Gasteiger partial charge in [0.25, 0.3) is 0 Å². The highest BCUT2D eigenvalue weighted by atomic mass is 32.1. The van der Waals surface area contributed by atoms with Crippen LogP contribution in [0.4, 0.5) is 5.69 Å². The second-order valence-electron chi connectivity index (χ2n) is 7.25. The van der Waals surface area contributed by atoms with E-state index in [4.69, 9.17) is 29.1 Å². The number of benzene rings is 2. The van der Waals surface area contributed by atoms with E-state index in [2.05, 4.69) is 4.98 Å². The lowest BCUT2D eigenvalue weighted by molar-refractivity contribution is 0.324. The third-order valence-electron chi connectivity index (χ3n) is 5.46. The maximum Gasteiger partial charge on any atom is 0.203 e. The number of amidine groups is 1. The monoisotopic (exact) mass is 483 g/mol. The topological polar surface area (TPSA) is 106 Å². The third-order valence-corrected chi connectivity index (χ3v) is 6.32. The number of methoxy groups -OCH3 is 5. The predicted molar refractivity (Wildman–Crippen MR) is 131 cm³/mol. The molecule has 1 aliphatic rings. The van der Waals surface area contributed by atoms with Gasteiger partial charge in [-0.3, -0.25) is 5.41 Å². The van der Waals surface area contributed by atoms with Crippen molar-refractivity contribution < 1.29 is 28.8 Å². The second kappa shape index (κ2) is 9.52. The first-order chi connectivity index (χ1) is 16.4. The second-order valence-corrected chi connectivity index (χ2v) is 8.11. The van der Waals surface area contributed by atoms with Gasteiger partial charge in [-0.2, -0.15) is 0 Å². The first kappa shape index (κ1) is 23.2. The van der Waals surface area contributed by atoms with E-state index in [1.54, 1.807) is 31.3 Å². The molecule has 3 aromatic rings. The number of rotatable bonds is 8. The lowest BCUT2D eigenvalue weighted by atomic mass is 10.1. The molecule has 0 aliphatic carbocycles. The molecule has 0 saturated heterocycles. The zero-order valence-corrected chi connectivity index (χ0v) is 20.3. The molecule has 1 aliphatic heterocycles. The number of ether oxygens (including phenoxy) is 5. The van der Waals surface area contributed by atoms with E-state index < -0.39 is 0 Å². The normalized spacial score (nSPS) is 13.3. The molecule has 2 N–H and O–H groups in total. The highest BCUT2D eigenvalue weighted by molar-refractivity contribution is 7.11. The predicted octanol–water partition coefficient (Wildman–Crippen LogP) is 4.62. The SMILES string of the molecule is COc1ccc(-c2csc(C3=C(O)CN(c4cc(OC)c(OC)c(OC)c4)C3=N)n2)cc1OC. The van der Waals surface area contributed by atoms with Crippen molar-refractivity contribution in [2.75, 3.05) is 47.0 Å². The molecule has 0 saturated carbocycles. The molecule has 2 heterocycles. The Hall–Kier alpha value is -3.92. The molecule has 0 amide bonds. The van der Waals surface area contributed by atoms with Gasteiger partial charge in [-0.05, 0) is 18.2 Å². The summed E-state index contributed by atoms with van der Waals surface area (Å²) in [6, 6.07) is 9.02. The van der Waals surface area contributed by atoms with E-state index in [0.29, 0.717) is 50.7 Å². The van der Waals surface area contributed by atoms with Gasteiger partial charge in [0.15, 0.2) is 23.0 Å². The van der Waals surface area contributed by atoms with Crippen molar-refractivity contribution in [1.29, 1.82) is 5.41 Å². The van der Waals surface area contributed by atoms with E-state index in [0.717, 1.165) is 5.56 Å². The van der Waals surface area contributed by atoms with Crippen molar-refractivity contribution in [3.05, 3.63) is 46.5 Å². The van der Waals surface area contributed by atoms with Gasteiger partial charge in [0.2, 0.25) is 5.75 Å². The zero-order valence-electron chi connectivity index (χ0n) is 19.5. The van der Waals surface area contributed by atoms with Crippen LogP contribution in [0.25, 0.3) is 16.8 Å². The molecule has 0 fully saturated rings. The largest absolute Gasteiger partial charge is 0.510 e. The van der Waals surface area contributed by atoms with E-state index in [-0.39, 0.29) is 18.1 Å². The summed E-state index contributed by atoms with van der Waals surface area (Å²) < 4.78 is 26.9. The molecule has 0 atom stereocenters. The molecule has 9 nitrogen and oxygen atoms in total. The first-order valence-corrected chi connectivity index (χ1v) is 11.1. The Labute approximate surface area is 201 Å². The van der Waals surface area contributed by atoms with Gasteiger partial charge in [0.1, 0.15) is 16.6 Å². The van der Waals surface area contributed by atoms with Gasteiger partial charge in [-0.25, -0.2) is 4.98 Å². The number of anilines is 1. The van der Waals surface area contributed by atoms with Crippen molar-refractivity contribution in [3.8, 4) is 40.0 Å². The van der Waals surface area contributed by atoms with Crippen molar-refractivity contribution in [2.24, 2.45) is 0 Å². The summed E-state index contributed by atoms with van der Waals surface area (Å²) in [5.41, 5.74) is 2.55. The van der Waals surface area contributed by atoms with Crippen LogP contribution in [0.5, 0.6) is 28.7 Å². The van der Waals surface area contributed by atoms with Crippen molar-refractivity contribution in [2.45, 2.75) is 0 Å². The number of hydrogen-bond acceptors (Lipinski definition) is 9. The van der Waals surface area contributed by atoms with Gasteiger partial charge in [-0.1, -0.05) is 0 Å². The lowest BCUT2D eigenvalue weighted by Gasteiger charge is -2.21. The van der Waals surface area contributed by atoms with E-state index in [1.165, 1.54) is 32.7 Å². The molecule has 4 rings (SSSR count). The molecule has 2 aromatic carbocycles. The number of nitrogens with one attached hydrogen (secondary N) is 1. The number of thiazole rings is 1. The summed E-state index contributed by atoms with van der Waals surface area (Å²) in [7, 11) is 7.75. The molecule has 0 bridgehead atoms. The highest BCUT2D eigenvalue weighted by Gasteiger charge is 2.32. The summed E-state index contributed by atoms with van der Waals surface area (Å²) in [4.78, 5) is 6.34. The summed E-state index contributed by atoms with van der Waals surface area (Å²) in [6.45, 7) is 0.123. The van der Waals surface area contributed by atoms with Crippen LogP contribution in [0.15, 0.2) is 41.5 Å². The molecule has 10 heteroatoms. The van der Waals surface area contributed by atoms with Gasteiger partial charge >= 0.3 is 0 Å². The Morgan fingerprint density at radius 1 is 0.882 bits per heavy atom. The Morgan fingerprint density at radius 3 is 2.12 bits per heavy atom. The Balaban J connectivity index is 1.65. The first-order valence-electron chi connectivity index (χ1n) is 10.2. The fourth-order valence-corrected chi connectivity index (χ4v) is 4.66. The summed E-state index contributed by atoms with van der Waals surface area (Å²) in [5.74, 6) is 2.79. The Morgan fingerprint density at radius 2 is 1.53 bits per heavy atom. The quantitative estimate of drug-likeness (QED) is 0.478.